The van der Waals surface area contributed by atoms with Gasteiger partial charge in [-0.2, -0.15) is 5.10 Å². The van der Waals surface area contributed by atoms with Gasteiger partial charge in [0.05, 0.1) is 19.8 Å². The third kappa shape index (κ3) is 5.02. The van der Waals surface area contributed by atoms with Crippen molar-refractivity contribution in [2.24, 2.45) is 5.92 Å². The predicted molar refractivity (Wildman–Crippen MR) is 123 cm³/mol. The van der Waals surface area contributed by atoms with E-state index in [-0.39, 0.29) is 30.4 Å². The standard InChI is InChI=1S/C24H32N4O5/c1-6-32-18-10-8-17(9-11-18)28-21(29)20-14-19(22(30)33-7-2)26-27(20)15-24(28,5)23(31)25-13-12-16(3)4/h8-11,14,16H,6-7,12-13,15H2,1-5H3,(H,25,31)/t24-/m1/s1. The van der Waals surface area contributed by atoms with E-state index in [1.54, 1.807) is 38.1 Å². The van der Waals surface area contributed by atoms with Crippen LogP contribution >= 0.6 is 0 Å². The molecule has 33 heavy (non-hydrogen) atoms. The number of amides is 2. The lowest BCUT2D eigenvalue weighted by molar-refractivity contribution is -0.126. The van der Waals surface area contributed by atoms with Gasteiger partial charge >= 0.3 is 5.97 Å². The summed E-state index contributed by atoms with van der Waals surface area (Å²) in [6.07, 6.45) is 0.818. The van der Waals surface area contributed by atoms with Gasteiger partial charge in [-0.3, -0.25) is 19.2 Å². The molecule has 0 saturated heterocycles. The van der Waals surface area contributed by atoms with Crippen LogP contribution in [-0.4, -0.2) is 52.9 Å². The van der Waals surface area contributed by atoms with Gasteiger partial charge in [0, 0.05) is 18.3 Å². The predicted octanol–water partition coefficient (Wildman–Crippen LogP) is 3.04. The van der Waals surface area contributed by atoms with Gasteiger partial charge in [-0.15, -0.1) is 0 Å². The number of aromatic nitrogens is 2. The van der Waals surface area contributed by atoms with E-state index in [2.05, 4.69) is 24.3 Å². The second-order valence-corrected chi connectivity index (χ2v) is 8.57. The summed E-state index contributed by atoms with van der Waals surface area (Å²) in [5, 5.41) is 7.23. The molecular formula is C24H32N4O5. The summed E-state index contributed by atoms with van der Waals surface area (Å²) in [7, 11) is 0. The Kier molecular flexibility index (Phi) is 7.40. The van der Waals surface area contributed by atoms with Gasteiger partial charge < -0.3 is 14.8 Å². The molecule has 1 aromatic heterocycles. The summed E-state index contributed by atoms with van der Waals surface area (Å²) in [5.74, 6) is -0.219. The lowest BCUT2D eigenvalue weighted by Gasteiger charge is -2.43. The first-order chi connectivity index (χ1) is 15.7. The lowest BCUT2D eigenvalue weighted by Crippen LogP contribution is -2.64. The highest BCUT2D eigenvalue weighted by Crippen LogP contribution is 2.34. The minimum atomic E-state index is -1.26. The van der Waals surface area contributed by atoms with Crippen LogP contribution in [0.5, 0.6) is 5.75 Å². The van der Waals surface area contributed by atoms with Crippen molar-refractivity contribution in [3.63, 3.8) is 0 Å². The van der Waals surface area contributed by atoms with E-state index in [0.717, 1.165) is 6.42 Å². The molecule has 0 bridgehead atoms. The Bertz CT molecular complexity index is 1010. The van der Waals surface area contributed by atoms with Crippen LogP contribution in [0.25, 0.3) is 0 Å². The zero-order valence-corrected chi connectivity index (χ0v) is 19.9. The molecule has 2 heterocycles. The van der Waals surface area contributed by atoms with Crippen molar-refractivity contribution < 1.29 is 23.9 Å². The highest BCUT2D eigenvalue weighted by Gasteiger charge is 2.49. The van der Waals surface area contributed by atoms with Crippen molar-refractivity contribution in [3.8, 4) is 5.75 Å². The summed E-state index contributed by atoms with van der Waals surface area (Å²) in [6.45, 7) is 10.8. The number of rotatable bonds is 9. The average Bonchev–Trinajstić information content (AvgIpc) is 3.19. The van der Waals surface area contributed by atoms with Gasteiger partial charge in [0.15, 0.2) is 5.69 Å². The highest BCUT2D eigenvalue weighted by molar-refractivity contribution is 6.12. The van der Waals surface area contributed by atoms with Gasteiger partial charge in [0.1, 0.15) is 17.0 Å². The van der Waals surface area contributed by atoms with Crippen LogP contribution in [-0.2, 0) is 16.1 Å². The molecule has 1 aliphatic heterocycles. The molecule has 178 valence electrons. The summed E-state index contributed by atoms with van der Waals surface area (Å²) < 4.78 is 12.0. The Balaban J connectivity index is 2.01. The minimum Gasteiger partial charge on any atom is -0.494 e. The first kappa shape index (κ1) is 24.3. The van der Waals surface area contributed by atoms with E-state index in [1.807, 2.05) is 6.92 Å². The third-order valence-corrected chi connectivity index (χ3v) is 5.54. The van der Waals surface area contributed by atoms with Crippen LogP contribution in [0.2, 0.25) is 0 Å². The average molecular weight is 457 g/mol. The van der Waals surface area contributed by atoms with Gasteiger partial charge in [0.25, 0.3) is 5.91 Å². The van der Waals surface area contributed by atoms with Gasteiger partial charge in [-0.25, -0.2) is 4.79 Å². The van der Waals surface area contributed by atoms with Crippen molar-refractivity contribution in [1.29, 1.82) is 0 Å². The molecule has 9 nitrogen and oxygen atoms in total. The van der Waals surface area contributed by atoms with Crippen LogP contribution < -0.4 is 15.0 Å². The van der Waals surface area contributed by atoms with Gasteiger partial charge in [-0.05, 0) is 57.4 Å². The Morgan fingerprint density at radius 1 is 1.18 bits per heavy atom. The Morgan fingerprint density at radius 2 is 1.88 bits per heavy atom. The van der Waals surface area contributed by atoms with E-state index >= 15 is 0 Å². The fourth-order valence-electron chi connectivity index (χ4n) is 3.81. The van der Waals surface area contributed by atoms with Crippen molar-refractivity contribution in [2.45, 2.75) is 53.1 Å². The first-order valence-corrected chi connectivity index (χ1v) is 11.3. The number of carbonyl (C=O) groups excluding carboxylic acids is 3. The topological polar surface area (TPSA) is 103 Å². The smallest absolute Gasteiger partial charge is 0.358 e. The summed E-state index contributed by atoms with van der Waals surface area (Å²) in [4.78, 5) is 40.7. The van der Waals surface area contributed by atoms with Gasteiger partial charge in [-0.1, -0.05) is 13.8 Å². The normalized spacial score (nSPS) is 17.6. The molecule has 0 radical (unpaired) electrons. The van der Waals surface area contributed by atoms with Crippen molar-refractivity contribution in [3.05, 3.63) is 41.7 Å². The molecule has 0 unspecified atom stereocenters. The molecule has 1 aromatic carbocycles. The van der Waals surface area contributed by atoms with E-state index in [9.17, 15) is 14.4 Å². The first-order valence-electron chi connectivity index (χ1n) is 11.3. The monoisotopic (exact) mass is 456 g/mol. The zero-order valence-electron chi connectivity index (χ0n) is 19.9. The van der Waals surface area contributed by atoms with E-state index in [1.165, 1.54) is 15.6 Å². The molecule has 0 saturated carbocycles. The van der Waals surface area contributed by atoms with E-state index in [0.29, 0.717) is 30.5 Å². The summed E-state index contributed by atoms with van der Waals surface area (Å²) in [5.41, 5.74) is -0.447. The molecule has 2 aromatic rings. The summed E-state index contributed by atoms with van der Waals surface area (Å²) in [6, 6.07) is 8.44. The molecule has 0 spiro atoms. The second-order valence-electron chi connectivity index (χ2n) is 8.57. The quantitative estimate of drug-likeness (QED) is 0.582. The molecule has 1 N–H and O–H groups in total. The van der Waals surface area contributed by atoms with E-state index in [4.69, 9.17) is 9.47 Å². The Hall–Kier alpha value is -3.36. The second kappa shape index (κ2) is 10.1. The molecule has 0 fully saturated rings. The minimum absolute atomic E-state index is 0.0382. The summed E-state index contributed by atoms with van der Waals surface area (Å²) >= 11 is 0. The molecule has 3 rings (SSSR count). The molecule has 1 atom stereocenters. The van der Waals surface area contributed by atoms with Crippen molar-refractivity contribution in [1.82, 2.24) is 15.1 Å². The van der Waals surface area contributed by atoms with E-state index < -0.39 is 17.4 Å². The maximum Gasteiger partial charge on any atom is 0.358 e. The number of ether oxygens (including phenoxy) is 2. The molecule has 2 amide bonds. The fourth-order valence-corrected chi connectivity index (χ4v) is 3.81. The Labute approximate surface area is 194 Å². The Morgan fingerprint density at radius 3 is 2.48 bits per heavy atom. The molecule has 1 aliphatic rings. The van der Waals surface area contributed by atoms with Crippen molar-refractivity contribution >= 4 is 23.5 Å². The molecule has 0 aliphatic carbocycles. The largest absolute Gasteiger partial charge is 0.494 e. The zero-order chi connectivity index (χ0) is 24.2. The fraction of sp³-hybridized carbons (Fsp3) is 0.500. The number of anilines is 1. The maximum atomic E-state index is 13.6. The number of fused-ring (bicyclic) bond motifs is 1. The number of esters is 1. The number of hydrogen-bond acceptors (Lipinski definition) is 6. The number of benzene rings is 1. The third-order valence-electron chi connectivity index (χ3n) is 5.54. The number of nitrogens with one attached hydrogen (secondary N) is 1. The maximum absolute atomic E-state index is 13.6. The number of carbonyl (C=O) groups is 3. The molecule has 9 heteroatoms. The van der Waals surface area contributed by atoms with Crippen LogP contribution in [0.15, 0.2) is 30.3 Å². The molecular weight excluding hydrogens is 424 g/mol. The van der Waals surface area contributed by atoms with Crippen molar-refractivity contribution in [2.75, 3.05) is 24.7 Å². The SMILES string of the molecule is CCOC(=O)c1cc2n(n1)C[C@](C)(C(=O)NCCC(C)C)N(c1ccc(OCC)cc1)C2=O. The van der Waals surface area contributed by atoms with Crippen LogP contribution in [0, 0.1) is 5.92 Å². The number of hydrogen-bond donors (Lipinski definition) is 1. The van der Waals surface area contributed by atoms with Crippen LogP contribution in [0.1, 0.15) is 62.0 Å². The van der Waals surface area contributed by atoms with Crippen LogP contribution in [0.3, 0.4) is 0 Å². The highest BCUT2D eigenvalue weighted by atomic mass is 16.5. The van der Waals surface area contributed by atoms with Gasteiger partial charge in [0.2, 0.25) is 5.91 Å². The van der Waals surface area contributed by atoms with Crippen LogP contribution in [0.4, 0.5) is 5.69 Å². The lowest BCUT2D eigenvalue weighted by atomic mass is 9.93. The number of nitrogens with zero attached hydrogens (tertiary/aromatic N) is 3.